The second kappa shape index (κ2) is 6.28. The summed E-state index contributed by atoms with van der Waals surface area (Å²) in [5, 5.41) is 3.51. The van der Waals surface area contributed by atoms with Gasteiger partial charge in [0.2, 0.25) is 0 Å². The molecule has 2 aliphatic heterocycles. The summed E-state index contributed by atoms with van der Waals surface area (Å²) in [5.41, 5.74) is 4.42. The molecule has 0 amide bonds. The molecule has 0 radical (unpaired) electrons. The number of likely N-dealkylation sites (tertiary alicyclic amines) is 1. The lowest BCUT2D eigenvalue weighted by Gasteiger charge is -2.37. The molecule has 3 rings (SSSR count). The van der Waals surface area contributed by atoms with Gasteiger partial charge in [0.25, 0.3) is 0 Å². The lowest BCUT2D eigenvalue weighted by Crippen LogP contribution is -2.38. The van der Waals surface area contributed by atoms with E-state index in [2.05, 4.69) is 42.3 Å². The highest BCUT2D eigenvalue weighted by molar-refractivity contribution is 5.32. The van der Waals surface area contributed by atoms with Gasteiger partial charge in [0.15, 0.2) is 0 Å². The average molecular weight is 272 g/mol. The summed E-state index contributed by atoms with van der Waals surface area (Å²) in [6, 6.07) is 7.79. The smallest absolute Gasteiger partial charge is 0.0377 e. The molecule has 0 aromatic heterocycles. The lowest BCUT2D eigenvalue weighted by molar-refractivity contribution is 0.148. The van der Waals surface area contributed by atoms with Gasteiger partial charge in [-0.15, -0.1) is 0 Å². The number of hydrogen-bond acceptors (Lipinski definition) is 2. The molecule has 2 aliphatic rings. The van der Waals surface area contributed by atoms with E-state index in [4.69, 9.17) is 0 Å². The van der Waals surface area contributed by atoms with Gasteiger partial charge in [-0.2, -0.15) is 0 Å². The fourth-order valence-corrected chi connectivity index (χ4v) is 3.91. The van der Waals surface area contributed by atoms with Gasteiger partial charge in [-0.1, -0.05) is 18.2 Å². The Morgan fingerprint density at radius 1 is 1.05 bits per heavy atom. The molecule has 0 aliphatic carbocycles. The molecule has 2 heterocycles. The quantitative estimate of drug-likeness (QED) is 0.907. The third-order valence-electron chi connectivity index (χ3n) is 5.24. The van der Waals surface area contributed by atoms with Gasteiger partial charge in [-0.25, -0.2) is 0 Å². The molecule has 2 fully saturated rings. The van der Waals surface area contributed by atoms with Crippen molar-refractivity contribution in [3.8, 4) is 0 Å². The van der Waals surface area contributed by atoms with Crippen LogP contribution in [0.2, 0.25) is 0 Å². The second-order valence-electron chi connectivity index (χ2n) is 6.62. The van der Waals surface area contributed by atoms with Gasteiger partial charge < -0.3 is 5.32 Å². The molecule has 1 aromatic rings. The van der Waals surface area contributed by atoms with E-state index in [9.17, 15) is 0 Å². The molecular formula is C18H28N2. The number of rotatable bonds is 3. The minimum Gasteiger partial charge on any atom is -0.317 e. The summed E-state index contributed by atoms with van der Waals surface area (Å²) < 4.78 is 0. The maximum Gasteiger partial charge on any atom is 0.0377 e. The predicted molar refractivity (Wildman–Crippen MR) is 85.1 cm³/mol. The van der Waals surface area contributed by atoms with Crippen LogP contribution in [0.4, 0.5) is 0 Å². The van der Waals surface area contributed by atoms with E-state index in [0.29, 0.717) is 6.04 Å². The summed E-state index contributed by atoms with van der Waals surface area (Å²) in [6.07, 6.45) is 5.42. The van der Waals surface area contributed by atoms with Crippen molar-refractivity contribution in [1.29, 1.82) is 0 Å². The van der Waals surface area contributed by atoms with E-state index in [-0.39, 0.29) is 0 Å². The first-order chi connectivity index (χ1) is 9.75. The van der Waals surface area contributed by atoms with E-state index in [0.717, 1.165) is 5.92 Å². The SMILES string of the molecule is Cc1ccc(C(C2CCNCC2)N2CCCC2)cc1C. The minimum absolute atomic E-state index is 0.652. The van der Waals surface area contributed by atoms with Crippen molar-refractivity contribution in [2.24, 2.45) is 5.92 Å². The van der Waals surface area contributed by atoms with Crippen molar-refractivity contribution in [3.05, 3.63) is 34.9 Å². The Labute approximate surface area is 123 Å². The molecule has 110 valence electrons. The Balaban J connectivity index is 1.88. The number of piperidine rings is 1. The largest absolute Gasteiger partial charge is 0.317 e. The summed E-state index contributed by atoms with van der Waals surface area (Å²) >= 11 is 0. The Hall–Kier alpha value is -0.860. The van der Waals surface area contributed by atoms with E-state index in [1.54, 1.807) is 5.56 Å². The molecule has 2 heteroatoms. The molecule has 1 N–H and O–H groups in total. The van der Waals surface area contributed by atoms with Crippen LogP contribution in [0.3, 0.4) is 0 Å². The van der Waals surface area contributed by atoms with Crippen LogP contribution in [0.25, 0.3) is 0 Å². The summed E-state index contributed by atoms with van der Waals surface area (Å²) in [7, 11) is 0. The molecule has 0 saturated carbocycles. The van der Waals surface area contributed by atoms with Gasteiger partial charge in [-0.3, -0.25) is 4.90 Å². The molecular weight excluding hydrogens is 244 g/mol. The average Bonchev–Trinajstić information content (AvgIpc) is 2.98. The molecule has 2 saturated heterocycles. The first-order valence-corrected chi connectivity index (χ1v) is 8.27. The Morgan fingerprint density at radius 2 is 1.75 bits per heavy atom. The highest BCUT2D eigenvalue weighted by atomic mass is 15.2. The zero-order valence-electron chi connectivity index (χ0n) is 13.0. The number of nitrogens with one attached hydrogen (secondary N) is 1. The number of hydrogen-bond donors (Lipinski definition) is 1. The van der Waals surface area contributed by atoms with Crippen molar-refractivity contribution in [2.45, 2.75) is 45.6 Å². The molecule has 1 unspecified atom stereocenters. The topological polar surface area (TPSA) is 15.3 Å². The van der Waals surface area contributed by atoms with Crippen molar-refractivity contribution in [2.75, 3.05) is 26.2 Å². The molecule has 0 bridgehead atoms. The number of aryl methyl sites for hydroxylation is 2. The van der Waals surface area contributed by atoms with Gasteiger partial charge in [0.05, 0.1) is 0 Å². The second-order valence-corrected chi connectivity index (χ2v) is 6.62. The van der Waals surface area contributed by atoms with Crippen LogP contribution < -0.4 is 5.32 Å². The fraction of sp³-hybridized carbons (Fsp3) is 0.667. The minimum atomic E-state index is 0.652. The van der Waals surface area contributed by atoms with Gasteiger partial charge >= 0.3 is 0 Å². The van der Waals surface area contributed by atoms with E-state index < -0.39 is 0 Å². The third kappa shape index (κ3) is 2.91. The Kier molecular flexibility index (Phi) is 4.42. The van der Waals surface area contributed by atoms with Crippen LogP contribution in [-0.2, 0) is 0 Å². The summed E-state index contributed by atoms with van der Waals surface area (Å²) in [6.45, 7) is 9.44. The highest BCUT2D eigenvalue weighted by Gasteiger charge is 2.31. The van der Waals surface area contributed by atoms with Crippen LogP contribution in [-0.4, -0.2) is 31.1 Å². The molecule has 2 nitrogen and oxygen atoms in total. The zero-order chi connectivity index (χ0) is 13.9. The van der Waals surface area contributed by atoms with Crippen LogP contribution in [0.1, 0.15) is 48.4 Å². The molecule has 20 heavy (non-hydrogen) atoms. The normalized spacial score (nSPS) is 23.1. The number of benzene rings is 1. The maximum atomic E-state index is 3.51. The van der Waals surface area contributed by atoms with Crippen LogP contribution in [0.15, 0.2) is 18.2 Å². The summed E-state index contributed by atoms with van der Waals surface area (Å²) in [5.74, 6) is 0.830. The van der Waals surface area contributed by atoms with Crippen molar-refractivity contribution >= 4 is 0 Å². The monoisotopic (exact) mass is 272 g/mol. The predicted octanol–water partition coefficient (Wildman–Crippen LogP) is 3.44. The van der Waals surface area contributed by atoms with E-state index in [1.807, 2.05) is 0 Å². The van der Waals surface area contributed by atoms with Gasteiger partial charge in [0.1, 0.15) is 0 Å². The van der Waals surface area contributed by atoms with E-state index in [1.165, 1.54) is 63.0 Å². The number of nitrogens with zero attached hydrogens (tertiary/aromatic N) is 1. The maximum absolute atomic E-state index is 3.51. The summed E-state index contributed by atoms with van der Waals surface area (Å²) in [4.78, 5) is 2.75. The van der Waals surface area contributed by atoms with Crippen molar-refractivity contribution in [3.63, 3.8) is 0 Å². The molecule has 0 spiro atoms. The van der Waals surface area contributed by atoms with Crippen LogP contribution >= 0.6 is 0 Å². The first kappa shape index (κ1) is 14.1. The van der Waals surface area contributed by atoms with Crippen molar-refractivity contribution in [1.82, 2.24) is 10.2 Å². The standard InChI is InChI=1S/C18H28N2/c1-14-5-6-17(13-15(14)2)18(20-11-3-4-12-20)16-7-9-19-10-8-16/h5-6,13,16,18-19H,3-4,7-12H2,1-2H3. The van der Waals surface area contributed by atoms with Crippen LogP contribution in [0, 0.1) is 19.8 Å². The van der Waals surface area contributed by atoms with Gasteiger partial charge in [-0.05, 0) is 88.3 Å². The fourth-order valence-electron chi connectivity index (χ4n) is 3.91. The molecule has 1 atom stereocenters. The Bertz CT molecular complexity index is 443. The lowest BCUT2D eigenvalue weighted by atomic mass is 9.84. The van der Waals surface area contributed by atoms with Crippen molar-refractivity contribution < 1.29 is 0 Å². The van der Waals surface area contributed by atoms with Gasteiger partial charge in [0, 0.05) is 6.04 Å². The molecule has 1 aromatic carbocycles. The Morgan fingerprint density at radius 3 is 2.40 bits per heavy atom. The zero-order valence-corrected chi connectivity index (χ0v) is 13.0. The first-order valence-electron chi connectivity index (χ1n) is 8.27. The van der Waals surface area contributed by atoms with Crippen LogP contribution in [0.5, 0.6) is 0 Å². The highest BCUT2D eigenvalue weighted by Crippen LogP contribution is 2.36. The van der Waals surface area contributed by atoms with E-state index >= 15 is 0 Å². The third-order valence-corrected chi connectivity index (χ3v) is 5.24.